The minimum absolute atomic E-state index is 0.0210. The first-order chi connectivity index (χ1) is 10.8. The van der Waals surface area contributed by atoms with Gasteiger partial charge in [-0.3, -0.25) is 4.79 Å². The van der Waals surface area contributed by atoms with Crippen molar-refractivity contribution in [2.75, 3.05) is 0 Å². The Labute approximate surface area is 137 Å². The fourth-order valence-corrected chi connectivity index (χ4v) is 3.05. The van der Waals surface area contributed by atoms with Crippen LogP contribution in [0.5, 0.6) is 0 Å². The molecule has 1 heterocycles. The van der Waals surface area contributed by atoms with Gasteiger partial charge in [-0.15, -0.1) is 0 Å². The third-order valence-corrected chi connectivity index (χ3v) is 4.57. The molecule has 2 heteroatoms. The van der Waals surface area contributed by atoms with Crippen LogP contribution < -0.4 is 0 Å². The summed E-state index contributed by atoms with van der Waals surface area (Å²) in [6.45, 7) is 2.12. The quantitative estimate of drug-likeness (QED) is 0.417. The Balaban J connectivity index is 2.30. The summed E-state index contributed by atoms with van der Waals surface area (Å²) in [5.74, 6) is 0.0210. The molecule has 0 N–H and O–H groups in total. The van der Waals surface area contributed by atoms with Gasteiger partial charge in [0.1, 0.15) is 6.10 Å². The predicted octanol–water partition coefficient (Wildman–Crippen LogP) is 6.34. The lowest BCUT2D eigenvalue weighted by Crippen LogP contribution is -2.17. The van der Waals surface area contributed by atoms with Crippen molar-refractivity contribution in [1.29, 1.82) is 0 Å². The van der Waals surface area contributed by atoms with Crippen molar-refractivity contribution in [3.8, 4) is 0 Å². The van der Waals surface area contributed by atoms with Crippen molar-refractivity contribution in [2.45, 2.75) is 109 Å². The maximum atomic E-state index is 11.9. The van der Waals surface area contributed by atoms with Gasteiger partial charge in [-0.1, -0.05) is 57.6 Å². The number of allylic oxidation sites excluding steroid dienone is 2. The van der Waals surface area contributed by atoms with Crippen LogP contribution in [-0.2, 0) is 9.53 Å². The highest BCUT2D eigenvalue weighted by Gasteiger charge is 2.12. The summed E-state index contributed by atoms with van der Waals surface area (Å²) in [4.78, 5) is 11.9. The fourth-order valence-electron chi connectivity index (χ4n) is 3.05. The molecule has 1 rings (SSSR count). The second-order valence-corrected chi connectivity index (χ2v) is 6.64. The average Bonchev–Trinajstić information content (AvgIpc) is 2.52. The van der Waals surface area contributed by atoms with E-state index in [2.05, 4.69) is 19.1 Å². The molecule has 0 aromatic heterocycles. The van der Waals surface area contributed by atoms with E-state index >= 15 is 0 Å². The molecule has 22 heavy (non-hydrogen) atoms. The Morgan fingerprint density at radius 2 is 1.41 bits per heavy atom. The van der Waals surface area contributed by atoms with Gasteiger partial charge < -0.3 is 4.74 Å². The number of carbonyl (C=O) groups excluding carboxylic acids is 1. The minimum Gasteiger partial charge on any atom is -0.462 e. The van der Waals surface area contributed by atoms with E-state index in [0.29, 0.717) is 6.42 Å². The molecular formula is C20H36O2. The molecule has 0 radical (unpaired) electrons. The Bertz CT molecular complexity index is 296. The van der Waals surface area contributed by atoms with Gasteiger partial charge in [-0.25, -0.2) is 0 Å². The van der Waals surface area contributed by atoms with E-state index in [0.717, 1.165) is 19.3 Å². The van der Waals surface area contributed by atoms with Crippen molar-refractivity contribution < 1.29 is 9.53 Å². The molecule has 0 saturated heterocycles. The molecular weight excluding hydrogens is 272 g/mol. The number of carbonyl (C=O) groups is 1. The smallest absolute Gasteiger partial charge is 0.306 e. The molecule has 1 aliphatic rings. The molecule has 0 saturated carbocycles. The van der Waals surface area contributed by atoms with Gasteiger partial charge in [0, 0.05) is 6.42 Å². The Morgan fingerprint density at radius 3 is 2.05 bits per heavy atom. The van der Waals surface area contributed by atoms with Crippen LogP contribution in [0, 0.1) is 0 Å². The SMILES string of the molecule is CCC1CCCCC/C=C\CCCCCCCCCC(=O)O1. The van der Waals surface area contributed by atoms with Crippen LogP contribution in [0.25, 0.3) is 0 Å². The first kappa shape index (κ1) is 19.3. The number of hydrogen-bond donors (Lipinski definition) is 0. The normalized spacial score (nSPS) is 26.2. The van der Waals surface area contributed by atoms with Crippen LogP contribution in [-0.4, -0.2) is 12.1 Å². The van der Waals surface area contributed by atoms with E-state index in [-0.39, 0.29) is 12.1 Å². The predicted molar refractivity (Wildman–Crippen MR) is 93.9 cm³/mol. The van der Waals surface area contributed by atoms with Gasteiger partial charge in [0.2, 0.25) is 0 Å². The summed E-state index contributed by atoms with van der Waals surface area (Å²) >= 11 is 0. The van der Waals surface area contributed by atoms with Gasteiger partial charge in [0.05, 0.1) is 0 Å². The summed E-state index contributed by atoms with van der Waals surface area (Å²) in [6.07, 6.45) is 22.4. The van der Waals surface area contributed by atoms with Gasteiger partial charge in [0.15, 0.2) is 0 Å². The summed E-state index contributed by atoms with van der Waals surface area (Å²) in [5, 5.41) is 0. The summed E-state index contributed by atoms with van der Waals surface area (Å²) < 4.78 is 5.61. The number of esters is 1. The summed E-state index contributed by atoms with van der Waals surface area (Å²) in [5.41, 5.74) is 0. The van der Waals surface area contributed by atoms with E-state index in [1.165, 1.54) is 70.6 Å². The lowest BCUT2D eigenvalue weighted by atomic mass is 10.1. The number of hydrogen-bond acceptors (Lipinski definition) is 2. The molecule has 0 aromatic carbocycles. The number of cyclic esters (lactones) is 1. The fraction of sp³-hybridized carbons (Fsp3) is 0.850. The second-order valence-electron chi connectivity index (χ2n) is 6.64. The molecule has 1 unspecified atom stereocenters. The zero-order valence-corrected chi connectivity index (χ0v) is 14.7. The first-order valence-electron chi connectivity index (χ1n) is 9.67. The topological polar surface area (TPSA) is 26.3 Å². The lowest BCUT2D eigenvalue weighted by molar-refractivity contribution is -0.149. The zero-order chi connectivity index (χ0) is 15.9. The standard InChI is InChI=1S/C20H36O2/c1-2-19-17-15-13-11-9-7-5-3-4-6-8-10-12-14-16-18-20(21)22-19/h5,7,19H,2-4,6,8-18H2,1H3/b7-5-. The van der Waals surface area contributed by atoms with Gasteiger partial charge in [-0.2, -0.15) is 0 Å². The molecule has 128 valence electrons. The highest BCUT2D eigenvalue weighted by molar-refractivity contribution is 5.69. The maximum absolute atomic E-state index is 11.9. The average molecular weight is 309 g/mol. The lowest BCUT2D eigenvalue weighted by Gasteiger charge is -2.16. The van der Waals surface area contributed by atoms with Crippen molar-refractivity contribution in [1.82, 2.24) is 0 Å². The molecule has 0 amide bonds. The monoisotopic (exact) mass is 308 g/mol. The number of rotatable bonds is 1. The molecule has 0 aliphatic carbocycles. The molecule has 0 aromatic rings. The first-order valence-corrected chi connectivity index (χ1v) is 9.67. The van der Waals surface area contributed by atoms with Crippen molar-refractivity contribution >= 4 is 5.97 Å². The van der Waals surface area contributed by atoms with Gasteiger partial charge >= 0.3 is 5.97 Å². The molecule has 0 spiro atoms. The molecule has 1 atom stereocenters. The van der Waals surface area contributed by atoms with Crippen LogP contribution in [0.1, 0.15) is 103 Å². The van der Waals surface area contributed by atoms with Gasteiger partial charge in [0.25, 0.3) is 0 Å². The van der Waals surface area contributed by atoms with Crippen LogP contribution in [0.2, 0.25) is 0 Å². The van der Waals surface area contributed by atoms with E-state index in [1.54, 1.807) is 0 Å². The third-order valence-electron chi connectivity index (χ3n) is 4.57. The van der Waals surface area contributed by atoms with Crippen LogP contribution in [0.4, 0.5) is 0 Å². The Morgan fingerprint density at radius 1 is 0.864 bits per heavy atom. The highest BCUT2D eigenvalue weighted by Crippen LogP contribution is 2.15. The third kappa shape index (κ3) is 10.9. The van der Waals surface area contributed by atoms with Gasteiger partial charge in [-0.05, 0) is 51.4 Å². The van der Waals surface area contributed by atoms with E-state index in [1.807, 2.05) is 0 Å². The number of ether oxygens (including phenoxy) is 1. The van der Waals surface area contributed by atoms with E-state index in [4.69, 9.17) is 4.74 Å². The Hall–Kier alpha value is -0.790. The molecule has 0 fully saturated rings. The largest absolute Gasteiger partial charge is 0.462 e. The zero-order valence-electron chi connectivity index (χ0n) is 14.7. The molecule has 1 aliphatic heterocycles. The molecule has 0 bridgehead atoms. The minimum atomic E-state index is 0.0210. The summed E-state index contributed by atoms with van der Waals surface area (Å²) in [7, 11) is 0. The second kappa shape index (κ2) is 13.8. The van der Waals surface area contributed by atoms with Crippen molar-refractivity contribution in [3.05, 3.63) is 12.2 Å². The van der Waals surface area contributed by atoms with Crippen molar-refractivity contribution in [3.63, 3.8) is 0 Å². The molecule has 2 nitrogen and oxygen atoms in total. The van der Waals surface area contributed by atoms with Crippen molar-refractivity contribution in [2.24, 2.45) is 0 Å². The summed E-state index contributed by atoms with van der Waals surface area (Å²) in [6, 6.07) is 0. The van der Waals surface area contributed by atoms with E-state index < -0.39 is 0 Å². The highest BCUT2D eigenvalue weighted by atomic mass is 16.5. The Kier molecular flexibility index (Phi) is 12.1. The van der Waals surface area contributed by atoms with Crippen LogP contribution >= 0.6 is 0 Å². The maximum Gasteiger partial charge on any atom is 0.306 e. The van der Waals surface area contributed by atoms with Crippen LogP contribution in [0.15, 0.2) is 12.2 Å². The van der Waals surface area contributed by atoms with Crippen LogP contribution in [0.3, 0.4) is 0 Å². The van der Waals surface area contributed by atoms with E-state index in [9.17, 15) is 4.79 Å².